The largest absolute Gasteiger partial charge is 0.471 e. The molecule has 0 spiro atoms. The molecule has 3 heterocycles. The van der Waals surface area contributed by atoms with Gasteiger partial charge in [-0.15, -0.1) is 0 Å². The number of hydrogen-bond acceptors (Lipinski definition) is 32. The molecule has 0 aliphatic carbocycles. The Labute approximate surface area is 687 Å². The molecule has 3 aliphatic rings. The first-order valence-corrected chi connectivity index (χ1v) is 41.9. The Hall–Kier alpha value is -6.44. The maximum Gasteiger partial charge on any atom is 0.471 e. The molecule has 3 aliphatic heterocycles. The predicted octanol–water partition coefficient (Wildman–Crippen LogP) is -6.07. The molecule has 16 atom stereocenters. The van der Waals surface area contributed by atoms with Gasteiger partial charge in [0.05, 0.1) is 66.1 Å². The van der Waals surface area contributed by atoms with Gasteiger partial charge in [0.2, 0.25) is 65.0 Å². The number of phosphoric acid groups is 1. The van der Waals surface area contributed by atoms with E-state index in [1.807, 2.05) is 0 Å². The van der Waals surface area contributed by atoms with Crippen molar-refractivity contribution in [2.24, 2.45) is 0 Å². The lowest BCUT2D eigenvalue weighted by atomic mass is 9.97. The van der Waals surface area contributed by atoms with E-state index in [0.29, 0.717) is 90.0 Å². The van der Waals surface area contributed by atoms with Crippen LogP contribution in [0.5, 0.6) is 0 Å². The fourth-order valence-corrected chi connectivity index (χ4v) is 12.7. The molecule has 3 fully saturated rings. The van der Waals surface area contributed by atoms with Crippen LogP contribution in [0.1, 0.15) is 162 Å². The Bertz CT molecular complexity index is 2750. The highest BCUT2D eigenvalue weighted by molar-refractivity contribution is 7.47. The SMILES string of the molecule is COP(=O)(O)OCCCCCCNC(=O)CCCC(=O)NC(COCCC(=O)NCCCNC(=O)CCCCOC1OC(CO)C(O)C(O)C1NC(C)=O)(COCCC(=O)NCCCNC(=O)CCCCOC1OC(CO)C(O)C(O)C1NC(C)=O)COCCC(=O)NCCCNC(=O)CCCCOC1OC(CO)C(O)C(O)C1NC(C)=O. The third-order valence-electron chi connectivity index (χ3n) is 18.6. The molecular formula is C73H132N11O33P. The fourth-order valence-electron chi connectivity index (χ4n) is 12.2. The predicted molar refractivity (Wildman–Crippen MR) is 413 cm³/mol. The van der Waals surface area contributed by atoms with Gasteiger partial charge in [-0.25, -0.2) is 4.57 Å². The van der Waals surface area contributed by atoms with Gasteiger partial charge in [-0.2, -0.15) is 0 Å². The molecule has 44 nitrogen and oxygen atoms in total. The van der Waals surface area contributed by atoms with Crippen LogP contribution in [0.25, 0.3) is 0 Å². The summed E-state index contributed by atoms with van der Waals surface area (Å²) in [5.74, 6) is -4.46. The second-order valence-corrected chi connectivity index (χ2v) is 30.3. The van der Waals surface area contributed by atoms with Gasteiger partial charge in [-0.3, -0.25) is 61.8 Å². The van der Waals surface area contributed by atoms with E-state index in [4.69, 9.17) is 47.2 Å². The van der Waals surface area contributed by atoms with Crippen molar-refractivity contribution in [3.8, 4) is 0 Å². The zero-order valence-corrected chi connectivity index (χ0v) is 69.1. The number of ether oxygens (including phenoxy) is 9. The van der Waals surface area contributed by atoms with E-state index in [2.05, 4.69) is 63.0 Å². The average Bonchev–Trinajstić information content (AvgIpc) is 0.819. The van der Waals surface area contributed by atoms with Crippen molar-refractivity contribution in [2.45, 2.75) is 259 Å². The summed E-state index contributed by atoms with van der Waals surface area (Å²) in [5.41, 5.74) is -1.54. The van der Waals surface area contributed by atoms with Crippen LogP contribution in [0, 0.1) is 0 Å². The molecule has 3 rings (SSSR count). The van der Waals surface area contributed by atoms with Crippen molar-refractivity contribution in [3.05, 3.63) is 0 Å². The minimum atomic E-state index is -4.08. The molecule has 0 radical (unpaired) electrons. The Morgan fingerprint density at radius 1 is 0.339 bits per heavy atom. The van der Waals surface area contributed by atoms with Gasteiger partial charge >= 0.3 is 7.82 Å². The van der Waals surface area contributed by atoms with Gasteiger partial charge in [0.1, 0.15) is 78.6 Å². The van der Waals surface area contributed by atoms with E-state index in [-0.39, 0.29) is 187 Å². The second-order valence-electron chi connectivity index (χ2n) is 28.8. The topological polar surface area (TPSA) is 641 Å². The summed E-state index contributed by atoms with van der Waals surface area (Å²) in [5, 5.41) is 121. The van der Waals surface area contributed by atoms with Gasteiger partial charge < -0.3 is 152 Å². The van der Waals surface area contributed by atoms with E-state index < -0.39 is 166 Å². The van der Waals surface area contributed by atoms with Crippen molar-refractivity contribution in [1.29, 1.82) is 0 Å². The molecule has 0 aromatic rings. The number of phosphoric ester groups is 1. The van der Waals surface area contributed by atoms with Gasteiger partial charge in [0.15, 0.2) is 18.9 Å². The average molecular weight is 1720 g/mol. The smallest absolute Gasteiger partial charge is 0.394 e. The lowest BCUT2D eigenvalue weighted by molar-refractivity contribution is -0.270. The van der Waals surface area contributed by atoms with Gasteiger partial charge in [0.25, 0.3) is 0 Å². The number of aliphatic hydroxyl groups excluding tert-OH is 9. The number of carbonyl (C=O) groups excluding carboxylic acids is 11. The molecule has 0 aromatic heterocycles. The zero-order chi connectivity index (χ0) is 87.3. The maximum absolute atomic E-state index is 13.9. The second kappa shape index (κ2) is 60.9. The molecule has 11 amide bonds. The molecule has 0 saturated carbocycles. The number of amides is 11. The summed E-state index contributed by atoms with van der Waals surface area (Å²) in [6, 6.07) is -3.33. The monoisotopic (exact) mass is 1720 g/mol. The normalized spacial score (nSPS) is 24.0. The highest BCUT2D eigenvalue weighted by Crippen LogP contribution is 2.42. The number of hydrogen-bond donors (Lipinski definition) is 21. The highest BCUT2D eigenvalue weighted by atomic mass is 31.2. The van der Waals surface area contributed by atoms with Gasteiger partial charge in [-0.05, 0) is 77.0 Å². The van der Waals surface area contributed by atoms with Crippen molar-refractivity contribution in [2.75, 3.05) is 139 Å². The first-order valence-electron chi connectivity index (χ1n) is 40.4. The van der Waals surface area contributed by atoms with Crippen molar-refractivity contribution in [3.63, 3.8) is 0 Å². The molecule has 16 unspecified atom stereocenters. The summed E-state index contributed by atoms with van der Waals surface area (Å²) in [6.45, 7) is 1.96. The van der Waals surface area contributed by atoms with Crippen molar-refractivity contribution < 1.29 is 160 Å². The first-order chi connectivity index (χ1) is 56.4. The van der Waals surface area contributed by atoms with E-state index in [1.165, 1.54) is 20.8 Å². The summed E-state index contributed by atoms with van der Waals surface area (Å²) < 4.78 is 72.7. The Morgan fingerprint density at radius 3 is 0.907 bits per heavy atom. The fraction of sp³-hybridized carbons (Fsp3) is 0.849. The molecule has 0 aromatic carbocycles. The third-order valence-corrected chi connectivity index (χ3v) is 19.6. The number of carbonyl (C=O) groups is 11. The number of nitrogens with one attached hydrogen (secondary N) is 11. The van der Waals surface area contributed by atoms with Crippen LogP contribution < -0.4 is 58.5 Å². The van der Waals surface area contributed by atoms with Gasteiger partial charge in [0, 0.05) is 145 Å². The summed E-state index contributed by atoms with van der Waals surface area (Å²) in [6.07, 6.45) is -10.3. The third kappa shape index (κ3) is 44.9. The quantitative estimate of drug-likeness (QED) is 0.0199. The molecule has 45 heteroatoms. The maximum atomic E-state index is 13.9. The molecule has 0 bridgehead atoms. The molecule has 3 saturated heterocycles. The number of rotatable bonds is 65. The van der Waals surface area contributed by atoms with Crippen molar-refractivity contribution in [1.82, 2.24) is 58.5 Å². The minimum Gasteiger partial charge on any atom is -0.394 e. The number of aliphatic hydroxyl groups is 9. The van der Waals surface area contributed by atoms with Crippen molar-refractivity contribution >= 4 is 72.8 Å². The van der Waals surface area contributed by atoms with Crippen LogP contribution in [0.15, 0.2) is 0 Å². The summed E-state index contributed by atoms with van der Waals surface area (Å²) in [7, 11) is -3.02. The zero-order valence-electron chi connectivity index (χ0n) is 68.2. The molecule has 21 N–H and O–H groups in total. The highest BCUT2D eigenvalue weighted by Gasteiger charge is 2.48. The lowest BCUT2D eigenvalue weighted by Gasteiger charge is -2.42. The van der Waals surface area contributed by atoms with Crippen LogP contribution in [-0.2, 0) is 109 Å². The van der Waals surface area contributed by atoms with Crippen LogP contribution in [-0.4, -0.2) is 352 Å². The van der Waals surface area contributed by atoms with Crippen LogP contribution in [0.4, 0.5) is 0 Å². The molecular weight excluding hydrogens is 1590 g/mol. The standard InChI is InChI=1S/C73H132N11O33P/c1-47(88)81-61-67(102)64(99)50(41-85)115-70(61)111-34-12-7-19-53(91)75-28-16-31-78-57(95)24-38-108-44-73(84-60(98)23-15-22-56(94)74-27-10-5-6-11-37-114-118(105,106)107-4,45-109-39-25-58(96)79-32-17-29-76-54(92)20-8-13-35-112-71-62(82-48(2)89)68(103)65(100)51(42-86)116-71)46-110-40-26-59(97)80-33-18-30-77-55(93)21-9-14-36-113-72-63(83-49(3)90)69(104)66(101)52(43-87)117-72/h50-52,61-72,85-87,99-104H,5-46H2,1-4H3,(H,74,94)(H,75,91)(H,76,92)(H,77,93)(H,78,95)(H,79,96)(H,80,97)(H,81,88)(H,82,89)(H,83,90)(H,84,98)(H,105,106). The van der Waals surface area contributed by atoms with E-state index in [9.17, 15) is 108 Å². The Balaban J connectivity index is 1.59. The molecule has 682 valence electrons. The van der Waals surface area contributed by atoms with E-state index in [1.54, 1.807) is 0 Å². The van der Waals surface area contributed by atoms with E-state index >= 15 is 0 Å². The molecule has 118 heavy (non-hydrogen) atoms. The van der Waals surface area contributed by atoms with Crippen LogP contribution in [0.3, 0.4) is 0 Å². The van der Waals surface area contributed by atoms with E-state index in [0.717, 1.165) is 7.11 Å². The van der Waals surface area contributed by atoms with Crippen LogP contribution in [0.2, 0.25) is 0 Å². The first kappa shape index (κ1) is 106. The Morgan fingerprint density at radius 2 is 0.610 bits per heavy atom. The summed E-state index contributed by atoms with van der Waals surface area (Å²) in [4.78, 5) is 149. The Kier molecular flexibility index (Phi) is 54.6. The van der Waals surface area contributed by atoms with Crippen LogP contribution >= 0.6 is 7.82 Å². The minimum absolute atomic E-state index is 0.0121. The number of unbranched alkanes of at least 4 members (excludes halogenated alkanes) is 6. The van der Waals surface area contributed by atoms with Gasteiger partial charge in [-0.1, -0.05) is 12.8 Å². The summed E-state index contributed by atoms with van der Waals surface area (Å²) >= 11 is 0. The lowest BCUT2D eigenvalue weighted by Crippen LogP contribution is -2.64.